The van der Waals surface area contributed by atoms with Crippen LogP contribution >= 0.6 is 0 Å². The summed E-state index contributed by atoms with van der Waals surface area (Å²) >= 11 is 0. The van der Waals surface area contributed by atoms with Crippen LogP contribution < -0.4 is 29.2 Å². The SMILES string of the molecule is COc1cc(/N=N/c2n(C)nc[n+]2C)ccc1NCCCCNc1ccc(/N=N/c2n(C)nc[n+]2C)cc1OC. The predicted molar refractivity (Wildman–Crippen MR) is 149 cm³/mol. The van der Waals surface area contributed by atoms with E-state index >= 15 is 0 Å². The molecule has 14 nitrogen and oxygen atoms in total. The maximum atomic E-state index is 5.56. The van der Waals surface area contributed by atoms with E-state index in [9.17, 15) is 0 Å². The lowest BCUT2D eigenvalue weighted by molar-refractivity contribution is -0.659. The Balaban J connectivity index is 1.24. The number of aromatic nitrogens is 6. The molecule has 2 N–H and O–H groups in total. The lowest BCUT2D eigenvalue weighted by Gasteiger charge is -2.13. The monoisotopic (exact) mass is 548 g/mol. The second-order valence-corrected chi connectivity index (χ2v) is 9.06. The number of hydrogen-bond acceptors (Lipinski definition) is 10. The highest BCUT2D eigenvalue weighted by Crippen LogP contribution is 2.31. The number of ether oxygens (including phenoxy) is 2. The minimum atomic E-state index is 0.642. The molecule has 2 aromatic carbocycles. The largest absolute Gasteiger partial charge is 0.495 e. The summed E-state index contributed by atoms with van der Waals surface area (Å²) in [5.41, 5.74) is 3.21. The summed E-state index contributed by atoms with van der Waals surface area (Å²) in [4.78, 5) is 0. The molecule has 0 fully saturated rings. The van der Waals surface area contributed by atoms with Crippen molar-refractivity contribution < 1.29 is 18.6 Å². The maximum Gasteiger partial charge on any atom is 0.403 e. The Morgan fingerprint density at radius 2 is 1.12 bits per heavy atom. The number of aryl methyl sites for hydroxylation is 4. The fraction of sp³-hybridized carbons (Fsp3) is 0.385. The van der Waals surface area contributed by atoms with Crippen LogP contribution in [-0.2, 0) is 28.2 Å². The van der Waals surface area contributed by atoms with Crippen LogP contribution in [0.25, 0.3) is 0 Å². The van der Waals surface area contributed by atoms with Crippen molar-refractivity contribution in [2.75, 3.05) is 37.9 Å². The minimum Gasteiger partial charge on any atom is -0.495 e. The Morgan fingerprint density at radius 3 is 1.48 bits per heavy atom. The van der Waals surface area contributed by atoms with Crippen molar-refractivity contribution in [3.8, 4) is 11.5 Å². The molecule has 4 aromatic rings. The molecular formula is C26H36N12O2+2. The van der Waals surface area contributed by atoms with Gasteiger partial charge in [0.05, 0.1) is 53.8 Å². The second kappa shape index (κ2) is 13.3. The zero-order chi connectivity index (χ0) is 28.5. The number of azo groups is 2. The topological polar surface area (TPSA) is 135 Å². The van der Waals surface area contributed by atoms with Crippen molar-refractivity contribution in [3.63, 3.8) is 0 Å². The van der Waals surface area contributed by atoms with Gasteiger partial charge in [-0.3, -0.25) is 0 Å². The summed E-state index contributed by atoms with van der Waals surface area (Å²) in [5.74, 6) is 2.71. The van der Waals surface area contributed by atoms with Gasteiger partial charge in [0.25, 0.3) is 0 Å². The molecule has 0 saturated carbocycles. The Morgan fingerprint density at radius 1 is 0.700 bits per heavy atom. The van der Waals surface area contributed by atoms with Crippen LogP contribution in [0.3, 0.4) is 0 Å². The number of nitrogens with zero attached hydrogens (tertiary/aromatic N) is 10. The first kappa shape index (κ1) is 28.1. The molecule has 4 rings (SSSR count). The van der Waals surface area contributed by atoms with Crippen LogP contribution in [0.1, 0.15) is 12.8 Å². The highest BCUT2D eigenvalue weighted by Gasteiger charge is 2.13. The number of rotatable bonds is 13. The smallest absolute Gasteiger partial charge is 0.403 e. The molecule has 0 spiro atoms. The first-order valence-corrected chi connectivity index (χ1v) is 12.8. The summed E-state index contributed by atoms with van der Waals surface area (Å²) in [6.45, 7) is 1.59. The lowest BCUT2D eigenvalue weighted by Crippen LogP contribution is -2.25. The second-order valence-electron chi connectivity index (χ2n) is 9.06. The number of unbranched alkanes of at least 4 members (excludes halogenated alkanes) is 1. The first-order valence-electron chi connectivity index (χ1n) is 12.8. The van der Waals surface area contributed by atoms with Crippen molar-refractivity contribution in [2.45, 2.75) is 12.8 Å². The maximum absolute atomic E-state index is 5.56. The van der Waals surface area contributed by atoms with E-state index in [2.05, 4.69) is 41.3 Å². The van der Waals surface area contributed by atoms with Gasteiger partial charge in [0.2, 0.25) is 12.7 Å². The molecule has 0 saturated heterocycles. The molecule has 0 aliphatic carbocycles. The van der Waals surface area contributed by atoms with Gasteiger partial charge in [-0.2, -0.15) is 0 Å². The van der Waals surface area contributed by atoms with Crippen molar-refractivity contribution in [1.29, 1.82) is 0 Å². The lowest BCUT2D eigenvalue weighted by atomic mass is 10.2. The molecule has 2 heterocycles. The number of methoxy groups -OCH3 is 2. The van der Waals surface area contributed by atoms with Gasteiger partial charge in [0, 0.05) is 35.5 Å². The zero-order valence-electron chi connectivity index (χ0n) is 23.7. The molecule has 0 amide bonds. The number of nitrogens with one attached hydrogen (secondary N) is 2. The third-order valence-corrected chi connectivity index (χ3v) is 6.12. The molecule has 40 heavy (non-hydrogen) atoms. The molecule has 210 valence electrons. The van der Waals surface area contributed by atoms with E-state index in [1.165, 1.54) is 0 Å². The molecule has 0 atom stereocenters. The molecule has 0 aliphatic heterocycles. The minimum absolute atomic E-state index is 0.642. The fourth-order valence-electron chi connectivity index (χ4n) is 3.92. The van der Waals surface area contributed by atoms with Crippen LogP contribution in [0.5, 0.6) is 11.5 Å². The van der Waals surface area contributed by atoms with Crippen LogP contribution in [0, 0.1) is 0 Å². The van der Waals surface area contributed by atoms with Crippen LogP contribution in [-0.4, -0.2) is 46.9 Å². The van der Waals surface area contributed by atoms with Gasteiger partial charge in [0.1, 0.15) is 22.9 Å². The average Bonchev–Trinajstić information content (AvgIpc) is 3.46. The summed E-state index contributed by atoms with van der Waals surface area (Å²) in [5, 5.41) is 32.4. The molecule has 0 aliphatic rings. The number of benzene rings is 2. The van der Waals surface area contributed by atoms with E-state index < -0.39 is 0 Å². The highest BCUT2D eigenvalue weighted by atomic mass is 16.5. The summed E-state index contributed by atoms with van der Waals surface area (Å²) in [7, 11) is 10.7. The van der Waals surface area contributed by atoms with Crippen LogP contribution in [0.4, 0.5) is 34.6 Å². The Hall–Kier alpha value is -4.88. The Kier molecular flexibility index (Phi) is 9.33. The predicted octanol–water partition coefficient (Wildman–Crippen LogP) is 3.95. The summed E-state index contributed by atoms with van der Waals surface area (Å²) in [6.07, 6.45) is 5.29. The van der Waals surface area contributed by atoms with E-state index in [1.807, 2.05) is 64.6 Å². The molecule has 0 unspecified atom stereocenters. The quantitative estimate of drug-likeness (QED) is 0.148. The average molecular weight is 549 g/mol. The number of anilines is 2. The van der Waals surface area contributed by atoms with E-state index in [4.69, 9.17) is 9.47 Å². The van der Waals surface area contributed by atoms with Crippen molar-refractivity contribution in [3.05, 3.63) is 49.1 Å². The highest BCUT2D eigenvalue weighted by molar-refractivity contribution is 5.63. The van der Waals surface area contributed by atoms with Crippen molar-refractivity contribution in [1.82, 2.24) is 19.6 Å². The van der Waals surface area contributed by atoms with Gasteiger partial charge >= 0.3 is 11.9 Å². The molecule has 0 radical (unpaired) electrons. The first-order chi connectivity index (χ1) is 19.4. The van der Waals surface area contributed by atoms with Gasteiger partial charge in [-0.05, 0) is 47.3 Å². The normalized spacial score (nSPS) is 11.4. The summed E-state index contributed by atoms with van der Waals surface area (Å²) < 4.78 is 18.0. The van der Waals surface area contributed by atoms with E-state index in [0.717, 1.165) is 37.3 Å². The van der Waals surface area contributed by atoms with Gasteiger partial charge in [-0.1, -0.05) is 10.2 Å². The third-order valence-electron chi connectivity index (χ3n) is 6.12. The molecular weight excluding hydrogens is 512 g/mol. The Labute approximate surface area is 233 Å². The fourth-order valence-corrected chi connectivity index (χ4v) is 3.92. The van der Waals surface area contributed by atoms with E-state index in [0.29, 0.717) is 34.8 Å². The van der Waals surface area contributed by atoms with E-state index in [1.54, 1.807) is 45.4 Å². The van der Waals surface area contributed by atoms with Gasteiger partial charge in [0.15, 0.2) is 0 Å². The van der Waals surface area contributed by atoms with Crippen molar-refractivity contribution in [2.24, 2.45) is 48.6 Å². The number of hydrogen-bond donors (Lipinski definition) is 2. The Bertz CT molecular complexity index is 1340. The van der Waals surface area contributed by atoms with Crippen LogP contribution in [0.2, 0.25) is 0 Å². The standard InChI is InChI=1S/C26H34N12O2/c1-35-17-29-37(3)25(35)33-31-19-9-11-21(23(15-19)39-5)27-13-7-8-14-28-22-12-10-20(16-24(22)40-6)32-34-26-36(2)18-30-38(26)4/h9-12,15-18H,7-8,13-14H2,1-6H3/p+2. The van der Waals surface area contributed by atoms with E-state index in [-0.39, 0.29) is 0 Å². The van der Waals surface area contributed by atoms with Gasteiger partial charge in [-0.15, -0.1) is 9.36 Å². The van der Waals surface area contributed by atoms with Crippen LogP contribution in [0.15, 0.2) is 69.5 Å². The molecule has 0 bridgehead atoms. The third kappa shape index (κ3) is 6.95. The molecule has 14 heteroatoms. The zero-order valence-corrected chi connectivity index (χ0v) is 23.7. The van der Waals surface area contributed by atoms with Gasteiger partial charge in [-0.25, -0.2) is 9.13 Å². The van der Waals surface area contributed by atoms with Crippen molar-refractivity contribution >= 4 is 34.6 Å². The van der Waals surface area contributed by atoms with Gasteiger partial charge < -0.3 is 20.1 Å². The summed E-state index contributed by atoms with van der Waals surface area (Å²) in [6, 6.07) is 11.4. The molecule has 2 aromatic heterocycles.